The molecule has 1 aromatic rings. The van der Waals surface area contributed by atoms with Gasteiger partial charge in [0, 0.05) is 6.54 Å². The van der Waals surface area contributed by atoms with Crippen LogP contribution in [0.15, 0.2) is 30.3 Å². The van der Waals surface area contributed by atoms with Crippen LogP contribution >= 0.6 is 12.4 Å². The molecule has 22 heavy (non-hydrogen) atoms. The third kappa shape index (κ3) is 6.64. The minimum absolute atomic E-state index is 0. The molecule has 1 fully saturated rings. The van der Waals surface area contributed by atoms with Crippen LogP contribution in [0.25, 0.3) is 0 Å². The van der Waals surface area contributed by atoms with Gasteiger partial charge in [-0.25, -0.2) is 0 Å². The van der Waals surface area contributed by atoms with Crippen LogP contribution in [-0.4, -0.2) is 50.1 Å². The first kappa shape index (κ1) is 18.7. The van der Waals surface area contributed by atoms with Crippen molar-refractivity contribution in [2.45, 2.75) is 12.8 Å². The molecule has 0 aliphatic carbocycles. The molecule has 1 heterocycles. The van der Waals surface area contributed by atoms with Gasteiger partial charge in [0.1, 0.15) is 12.4 Å². The average Bonchev–Trinajstić information content (AvgIpc) is 2.53. The maximum atomic E-state index is 11.9. The molecular formula is C16H26ClN3O2. The van der Waals surface area contributed by atoms with Gasteiger partial charge in [-0.3, -0.25) is 9.69 Å². The van der Waals surface area contributed by atoms with E-state index in [2.05, 4.69) is 10.2 Å². The van der Waals surface area contributed by atoms with Gasteiger partial charge >= 0.3 is 0 Å². The number of ether oxygens (including phenoxy) is 1. The highest BCUT2D eigenvalue weighted by Gasteiger charge is 2.20. The summed E-state index contributed by atoms with van der Waals surface area (Å²) >= 11 is 0. The van der Waals surface area contributed by atoms with E-state index < -0.39 is 0 Å². The number of benzene rings is 1. The maximum Gasteiger partial charge on any atom is 0.234 e. The fourth-order valence-corrected chi connectivity index (χ4v) is 2.62. The molecule has 0 saturated carbocycles. The molecule has 1 amide bonds. The van der Waals surface area contributed by atoms with E-state index in [1.807, 2.05) is 30.3 Å². The van der Waals surface area contributed by atoms with Crippen molar-refractivity contribution in [3.8, 4) is 5.75 Å². The van der Waals surface area contributed by atoms with Gasteiger partial charge in [-0.05, 0) is 44.0 Å². The summed E-state index contributed by atoms with van der Waals surface area (Å²) in [5.41, 5.74) is 5.71. The van der Waals surface area contributed by atoms with Crippen molar-refractivity contribution < 1.29 is 9.53 Å². The van der Waals surface area contributed by atoms with E-state index in [0.29, 0.717) is 32.2 Å². The van der Waals surface area contributed by atoms with Gasteiger partial charge < -0.3 is 15.8 Å². The van der Waals surface area contributed by atoms with Crippen molar-refractivity contribution >= 4 is 18.3 Å². The number of carbonyl (C=O) groups excluding carboxylic acids is 1. The molecule has 1 saturated heterocycles. The Labute approximate surface area is 138 Å². The molecule has 3 N–H and O–H groups in total. The lowest BCUT2D eigenvalue weighted by Crippen LogP contribution is -2.44. The standard InChI is InChI=1S/C16H25N3O2.ClH/c17-11-14-5-4-9-19(12-14)13-16(20)18-8-10-21-15-6-2-1-3-7-15;/h1-3,6-7,14H,4-5,8-13,17H2,(H,18,20);1H. The van der Waals surface area contributed by atoms with Gasteiger partial charge in [0.25, 0.3) is 0 Å². The lowest BCUT2D eigenvalue weighted by atomic mass is 9.98. The monoisotopic (exact) mass is 327 g/mol. The lowest BCUT2D eigenvalue weighted by molar-refractivity contribution is -0.122. The minimum Gasteiger partial charge on any atom is -0.492 e. The Hall–Kier alpha value is -1.30. The van der Waals surface area contributed by atoms with Gasteiger partial charge in [0.2, 0.25) is 5.91 Å². The summed E-state index contributed by atoms with van der Waals surface area (Å²) in [7, 11) is 0. The average molecular weight is 328 g/mol. The number of halogens is 1. The van der Waals surface area contributed by atoms with Crippen LogP contribution in [0, 0.1) is 5.92 Å². The smallest absolute Gasteiger partial charge is 0.234 e. The number of hydrogen-bond acceptors (Lipinski definition) is 4. The first-order valence-electron chi connectivity index (χ1n) is 7.65. The normalized spacial score (nSPS) is 18.3. The van der Waals surface area contributed by atoms with Crippen molar-refractivity contribution in [1.29, 1.82) is 0 Å². The number of amides is 1. The van der Waals surface area contributed by atoms with E-state index in [9.17, 15) is 4.79 Å². The molecule has 0 spiro atoms. The Morgan fingerprint density at radius 3 is 2.86 bits per heavy atom. The molecule has 1 atom stereocenters. The van der Waals surface area contributed by atoms with Crippen LogP contribution in [0.2, 0.25) is 0 Å². The quantitative estimate of drug-likeness (QED) is 0.740. The Kier molecular flexibility index (Phi) is 8.89. The Morgan fingerprint density at radius 1 is 1.36 bits per heavy atom. The van der Waals surface area contributed by atoms with Crippen molar-refractivity contribution in [2.75, 3.05) is 39.3 Å². The van der Waals surface area contributed by atoms with E-state index in [4.69, 9.17) is 10.5 Å². The molecular weight excluding hydrogens is 302 g/mol. The molecule has 1 aliphatic rings. The second-order valence-corrected chi connectivity index (χ2v) is 5.49. The van der Waals surface area contributed by atoms with Gasteiger partial charge in [-0.2, -0.15) is 0 Å². The summed E-state index contributed by atoms with van der Waals surface area (Å²) in [6, 6.07) is 9.61. The summed E-state index contributed by atoms with van der Waals surface area (Å²) < 4.78 is 5.54. The molecule has 0 radical (unpaired) electrons. The van der Waals surface area contributed by atoms with Crippen LogP contribution in [0.1, 0.15) is 12.8 Å². The van der Waals surface area contributed by atoms with Crippen molar-refractivity contribution in [1.82, 2.24) is 10.2 Å². The van der Waals surface area contributed by atoms with E-state index >= 15 is 0 Å². The third-order valence-electron chi connectivity index (χ3n) is 3.74. The first-order valence-corrected chi connectivity index (χ1v) is 7.65. The second-order valence-electron chi connectivity index (χ2n) is 5.49. The Bertz CT molecular complexity index is 431. The number of carbonyl (C=O) groups is 1. The van der Waals surface area contributed by atoms with Crippen LogP contribution in [0.3, 0.4) is 0 Å². The predicted octanol–water partition coefficient (Wildman–Crippen LogP) is 1.27. The zero-order valence-electron chi connectivity index (χ0n) is 12.9. The topological polar surface area (TPSA) is 67.6 Å². The van der Waals surface area contributed by atoms with Gasteiger partial charge in [-0.15, -0.1) is 12.4 Å². The molecule has 5 nitrogen and oxygen atoms in total. The Balaban J connectivity index is 0.00000242. The molecule has 0 bridgehead atoms. The molecule has 1 aromatic carbocycles. The number of nitrogens with zero attached hydrogens (tertiary/aromatic N) is 1. The number of rotatable bonds is 7. The highest BCUT2D eigenvalue weighted by Crippen LogP contribution is 2.14. The minimum atomic E-state index is 0. The largest absolute Gasteiger partial charge is 0.492 e. The molecule has 2 rings (SSSR count). The van der Waals surface area contributed by atoms with Crippen molar-refractivity contribution in [2.24, 2.45) is 11.7 Å². The Morgan fingerprint density at radius 2 is 2.14 bits per heavy atom. The fraction of sp³-hybridized carbons (Fsp3) is 0.562. The van der Waals surface area contributed by atoms with Gasteiger partial charge in [-0.1, -0.05) is 18.2 Å². The number of likely N-dealkylation sites (tertiary alicyclic amines) is 1. The highest BCUT2D eigenvalue weighted by atomic mass is 35.5. The number of nitrogens with one attached hydrogen (secondary N) is 1. The summed E-state index contributed by atoms with van der Waals surface area (Å²) in [5.74, 6) is 1.42. The lowest BCUT2D eigenvalue weighted by Gasteiger charge is -2.31. The number of hydrogen-bond donors (Lipinski definition) is 2. The van der Waals surface area contributed by atoms with E-state index in [1.165, 1.54) is 6.42 Å². The fourth-order valence-electron chi connectivity index (χ4n) is 2.62. The van der Waals surface area contributed by atoms with E-state index in [1.54, 1.807) is 0 Å². The van der Waals surface area contributed by atoms with Crippen molar-refractivity contribution in [3.05, 3.63) is 30.3 Å². The van der Waals surface area contributed by atoms with E-state index in [0.717, 1.165) is 25.3 Å². The summed E-state index contributed by atoms with van der Waals surface area (Å²) in [6.45, 7) is 4.11. The summed E-state index contributed by atoms with van der Waals surface area (Å²) in [4.78, 5) is 14.1. The summed E-state index contributed by atoms with van der Waals surface area (Å²) in [6.07, 6.45) is 2.31. The molecule has 1 unspecified atom stereocenters. The van der Waals surface area contributed by atoms with Crippen LogP contribution in [0.4, 0.5) is 0 Å². The zero-order valence-corrected chi connectivity index (χ0v) is 13.7. The molecule has 124 valence electrons. The van der Waals surface area contributed by atoms with Crippen molar-refractivity contribution in [3.63, 3.8) is 0 Å². The van der Waals surface area contributed by atoms with Crippen LogP contribution in [0.5, 0.6) is 5.75 Å². The number of piperidine rings is 1. The second kappa shape index (κ2) is 10.4. The SMILES string of the molecule is Cl.NCC1CCCN(CC(=O)NCCOc2ccccc2)C1. The predicted molar refractivity (Wildman–Crippen MR) is 90.4 cm³/mol. The van der Waals surface area contributed by atoms with E-state index in [-0.39, 0.29) is 18.3 Å². The van der Waals surface area contributed by atoms with Crippen LogP contribution in [-0.2, 0) is 4.79 Å². The maximum absolute atomic E-state index is 11.9. The molecule has 6 heteroatoms. The third-order valence-corrected chi connectivity index (χ3v) is 3.74. The zero-order chi connectivity index (χ0) is 14.9. The highest BCUT2D eigenvalue weighted by molar-refractivity contribution is 5.85. The molecule has 0 aromatic heterocycles. The van der Waals surface area contributed by atoms with Gasteiger partial charge in [0.15, 0.2) is 0 Å². The van der Waals surface area contributed by atoms with Crippen LogP contribution < -0.4 is 15.8 Å². The number of nitrogens with two attached hydrogens (primary N) is 1. The van der Waals surface area contributed by atoms with Gasteiger partial charge in [0.05, 0.1) is 13.1 Å². The first-order chi connectivity index (χ1) is 10.3. The molecule has 1 aliphatic heterocycles. The summed E-state index contributed by atoms with van der Waals surface area (Å²) in [5, 5.41) is 2.90. The number of para-hydroxylation sites is 1.